The van der Waals surface area contributed by atoms with Crippen LogP contribution >= 0.6 is 11.6 Å². The minimum absolute atomic E-state index is 0.187. The van der Waals surface area contributed by atoms with Crippen molar-refractivity contribution in [2.45, 2.75) is 0 Å². The molecule has 0 unspecified atom stereocenters. The first-order chi connectivity index (χ1) is 5.33. The molecule has 0 saturated carbocycles. The Bertz CT molecular complexity index is 252. The molecule has 1 aromatic rings. The first-order valence-corrected chi connectivity index (χ1v) is 3.43. The Balaban J connectivity index is 2.63. The SMILES string of the molecule is C=CCOc1ccnc(Cl)n1. The molecule has 1 aromatic heterocycles. The Hall–Kier alpha value is -1.09. The minimum atomic E-state index is 0.187. The summed E-state index contributed by atoms with van der Waals surface area (Å²) >= 11 is 5.50. The molecule has 0 radical (unpaired) electrons. The minimum Gasteiger partial charge on any atom is -0.473 e. The number of hydrogen-bond acceptors (Lipinski definition) is 3. The van der Waals surface area contributed by atoms with Crippen LogP contribution in [0.2, 0.25) is 5.28 Å². The number of hydrogen-bond donors (Lipinski definition) is 0. The molecule has 0 aromatic carbocycles. The molecule has 4 heteroatoms. The van der Waals surface area contributed by atoms with Crippen molar-refractivity contribution < 1.29 is 4.74 Å². The van der Waals surface area contributed by atoms with Gasteiger partial charge in [0.2, 0.25) is 11.2 Å². The summed E-state index contributed by atoms with van der Waals surface area (Å²) in [5, 5.41) is 0.187. The molecule has 0 spiro atoms. The molecule has 0 aliphatic heterocycles. The third kappa shape index (κ3) is 2.55. The van der Waals surface area contributed by atoms with E-state index in [0.29, 0.717) is 12.5 Å². The van der Waals surface area contributed by atoms with Gasteiger partial charge >= 0.3 is 0 Å². The number of rotatable bonds is 3. The van der Waals surface area contributed by atoms with Crippen LogP contribution in [-0.2, 0) is 0 Å². The molecular formula is C7H7ClN2O. The molecule has 0 amide bonds. The average molecular weight is 171 g/mol. The molecule has 0 fully saturated rings. The van der Waals surface area contributed by atoms with Crippen LogP contribution in [0.1, 0.15) is 0 Å². The van der Waals surface area contributed by atoms with Crippen molar-refractivity contribution in [3.05, 3.63) is 30.2 Å². The Morgan fingerprint density at radius 2 is 2.55 bits per heavy atom. The number of ether oxygens (including phenoxy) is 1. The summed E-state index contributed by atoms with van der Waals surface area (Å²) in [5.41, 5.74) is 0. The zero-order valence-electron chi connectivity index (χ0n) is 5.83. The van der Waals surface area contributed by atoms with Crippen LogP contribution in [0.25, 0.3) is 0 Å². The molecular weight excluding hydrogens is 164 g/mol. The van der Waals surface area contributed by atoms with E-state index in [2.05, 4.69) is 16.5 Å². The van der Waals surface area contributed by atoms with Gasteiger partial charge in [-0.1, -0.05) is 12.7 Å². The maximum atomic E-state index is 5.50. The van der Waals surface area contributed by atoms with E-state index in [1.165, 1.54) is 6.20 Å². The summed E-state index contributed by atoms with van der Waals surface area (Å²) < 4.78 is 5.08. The fourth-order valence-electron chi connectivity index (χ4n) is 0.544. The first-order valence-electron chi connectivity index (χ1n) is 3.05. The van der Waals surface area contributed by atoms with Gasteiger partial charge in [-0.05, 0) is 11.6 Å². The van der Waals surface area contributed by atoms with Crippen LogP contribution in [0.3, 0.4) is 0 Å². The van der Waals surface area contributed by atoms with Gasteiger partial charge in [0.1, 0.15) is 6.61 Å². The van der Waals surface area contributed by atoms with Crippen LogP contribution in [0.5, 0.6) is 5.88 Å². The zero-order chi connectivity index (χ0) is 8.10. The highest BCUT2D eigenvalue weighted by molar-refractivity contribution is 6.28. The van der Waals surface area contributed by atoms with E-state index in [1.54, 1.807) is 12.1 Å². The van der Waals surface area contributed by atoms with Crippen LogP contribution in [0.15, 0.2) is 24.9 Å². The molecule has 58 valence electrons. The van der Waals surface area contributed by atoms with Crippen molar-refractivity contribution in [3.63, 3.8) is 0 Å². The molecule has 1 heterocycles. The smallest absolute Gasteiger partial charge is 0.225 e. The second-order valence-corrected chi connectivity index (χ2v) is 2.10. The van der Waals surface area contributed by atoms with Crippen molar-refractivity contribution in [2.75, 3.05) is 6.61 Å². The van der Waals surface area contributed by atoms with Gasteiger partial charge in [0.15, 0.2) is 0 Å². The lowest BCUT2D eigenvalue weighted by Gasteiger charge is -1.99. The lowest BCUT2D eigenvalue weighted by atomic mass is 10.6. The Kier molecular flexibility index (Phi) is 2.86. The molecule has 3 nitrogen and oxygen atoms in total. The van der Waals surface area contributed by atoms with Gasteiger partial charge in [0, 0.05) is 12.3 Å². The fourth-order valence-corrected chi connectivity index (χ4v) is 0.684. The van der Waals surface area contributed by atoms with Gasteiger partial charge < -0.3 is 4.74 Å². The highest BCUT2D eigenvalue weighted by Crippen LogP contribution is 2.07. The third-order valence-corrected chi connectivity index (χ3v) is 1.13. The van der Waals surface area contributed by atoms with Gasteiger partial charge in [0.05, 0.1) is 0 Å². The Morgan fingerprint density at radius 1 is 1.73 bits per heavy atom. The fraction of sp³-hybridized carbons (Fsp3) is 0.143. The van der Waals surface area contributed by atoms with E-state index in [0.717, 1.165) is 0 Å². The van der Waals surface area contributed by atoms with E-state index in [4.69, 9.17) is 16.3 Å². The van der Waals surface area contributed by atoms with E-state index >= 15 is 0 Å². The van der Waals surface area contributed by atoms with Gasteiger partial charge in [0.25, 0.3) is 0 Å². The maximum absolute atomic E-state index is 5.50. The number of halogens is 1. The number of nitrogens with zero attached hydrogens (tertiary/aromatic N) is 2. The van der Waals surface area contributed by atoms with Crippen LogP contribution in [-0.4, -0.2) is 16.6 Å². The zero-order valence-corrected chi connectivity index (χ0v) is 6.58. The molecule has 11 heavy (non-hydrogen) atoms. The highest BCUT2D eigenvalue weighted by atomic mass is 35.5. The maximum Gasteiger partial charge on any atom is 0.225 e. The van der Waals surface area contributed by atoms with Crippen LogP contribution < -0.4 is 4.74 Å². The van der Waals surface area contributed by atoms with E-state index in [9.17, 15) is 0 Å². The summed E-state index contributed by atoms with van der Waals surface area (Å²) in [6.07, 6.45) is 3.17. The quantitative estimate of drug-likeness (QED) is 0.512. The van der Waals surface area contributed by atoms with Crippen LogP contribution in [0, 0.1) is 0 Å². The van der Waals surface area contributed by atoms with Crippen molar-refractivity contribution in [1.29, 1.82) is 0 Å². The Labute approximate surface area is 69.7 Å². The van der Waals surface area contributed by atoms with Crippen molar-refractivity contribution >= 4 is 11.6 Å². The van der Waals surface area contributed by atoms with E-state index in [-0.39, 0.29) is 5.28 Å². The lowest BCUT2D eigenvalue weighted by molar-refractivity contribution is 0.348. The van der Waals surface area contributed by atoms with Crippen LogP contribution in [0.4, 0.5) is 0 Å². The largest absolute Gasteiger partial charge is 0.473 e. The van der Waals surface area contributed by atoms with Crippen molar-refractivity contribution in [1.82, 2.24) is 9.97 Å². The second-order valence-electron chi connectivity index (χ2n) is 1.76. The predicted molar refractivity (Wildman–Crippen MR) is 42.7 cm³/mol. The van der Waals surface area contributed by atoms with Crippen molar-refractivity contribution in [2.24, 2.45) is 0 Å². The summed E-state index contributed by atoms with van der Waals surface area (Å²) in [6, 6.07) is 1.63. The molecule has 0 aliphatic rings. The average Bonchev–Trinajstić information content (AvgIpc) is 2.01. The van der Waals surface area contributed by atoms with Crippen molar-refractivity contribution in [3.8, 4) is 5.88 Å². The summed E-state index contributed by atoms with van der Waals surface area (Å²) in [6.45, 7) is 3.92. The first kappa shape index (κ1) is 8.01. The Morgan fingerprint density at radius 3 is 3.18 bits per heavy atom. The number of aromatic nitrogens is 2. The van der Waals surface area contributed by atoms with E-state index < -0.39 is 0 Å². The van der Waals surface area contributed by atoms with Gasteiger partial charge in [-0.2, -0.15) is 4.98 Å². The summed E-state index contributed by atoms with van der Waals surface area (Å²) in [7, 11) is 0. The molecule has 0 bridgehead atoms. The van der Waals surface area contributed by atoms with Gasteiger partial charge in [-0.3, -0.25) is 0 Å². The predicted octanol–water partition coefficient (Wildman–Crippen LogP) is 1.69. The normalized spacial score (nSPS) is 9.18. The topological polar surface area (TPSA) is 35.0 Å². The molecule has 0 aliphatic carbocycles. The highest BCUT2D eigenvalue weighted by Gasteiger charge is 1.94. The molecule has 1 rings (SSSR count). The summed E-state index contributed by atoms with van der Waals surface area (Å²) in [4.78, 5) is 7.49. The van der Waals surface area contributed by atoms with E-state index in [1.807, 2.05) is 0 Å². The molecule has 0 saturated heterocycles. The molecule has 0 atom stereocenters. The second kappa shape index (κ2) is 3.93. The summed E-state index contributed by atoms with van der Waals surface area (Å²) in [5.74, 6) is 0.463. The standard InChI is InChI=1S/C7H7ClN2O/c1-2-5-11-6-3-4-9-7(8)10-6/h2-4H,1,5H2. The van der Waals surface area contributed by atoms with Gasteiger partial charge in [-0.25, -0.2) is 4.98 Å². The lowest BCUT2D eigenvalue weighted by Crippen LogP contribution is -1.95. The van der Waals surface area contributed by atoms with Gasteiger partial charge in [-0.15, -0.1) is 0 Å². The third-order valence-electron chi connectivity index (χ3n) is 0.950. The molecule has 0 N–H and O–H groups in total. The monoisotopic (exact) mass is 170 g/mol.